The van der Waals surface area contributed by atoms with Crippen molar-refractivity contribution in [1.29, 1.82) is 0 Å². The Kier molecular flexibility index (Phi) is 4.57. The van der Waals surface area contributed by atoms with E-state index in [-0.39, 0.29) is 22.5 Å². The lowest BCUT2D eigenvalue weighted by atomic mass is 10.1. The molecule has 0 unspecified atom stereocenters. The van der Waals surface area contributed by atoms with E-state index < -0.39 is 5.82 Å². The molecule has 0 fully saturated rings. The number of amides is 1. The maximum absolute atomic E-state index is 13.1. The second-order valence-corrected chi connectivity index (χ2v) is 5.66. The molecule has 1 heterocycles. The van der Waals surface area contributed by atoms with Crippen LogP contribution < -0.4 is 5.32 Å². The normalized spacial score (nSPS) is 12.0. The predicted octanol–water partition coefficient (Wildman–Crippen LogP) is 3.55. The quantitative estimate of drug-likeness (QED) is 0.787. The van der Waals surface area contributed by atoms with Gasteiger partial charge in [0.1, 0.15) is 18.5 Å². The number of carbonyl (C=O) groups excluding carboxylic acids is 1. The second kappa shape index (κ2) is 6.80. The Morgan fingerprint density at radius 2 is 2.00 bits per heavy atom. The molecule has 3 aromatic rings. The Bertz CT molecular complexity index is 850. The summed E-state index contributed by atoms with van der Waals surface area (Å²) in [6.45, 7) is 1.86. The summed E-state index contributed by atoms with van der Waals surface area (Å²) in [7, 11) is 0. The summed E-state index contributed by atoms with van der Waals surface area (Å²) in [6, 6.07) is 11.0. The van der Waals surface area contributed by atoms with E-state index in [0.717, 1.165) is 17.3 Å². The van der Waals surface area contributed by atoms with E-state index in [1.807, 2.05) is 31.2 Å². The van der Waals surface area contributed by atoms with E-state index in [4.69, 9.17) is 11.6 Å². The minimum Gasteiger partial charge on any atom is -0.345 e. The Labute approximate surface area is 143 Å². The molecular weight excluding hydrogens is 331 g/mol. The second-order valence-electron chi connectivity index (χ2n) is 5.25. The van der Waals surface area contributed by atoms with Gasteiger partial charge in [0.2, 0.25) is 0 Å². The molecule has 0 radical (unpaired) electrons. The molecule has 1 atom stereocenters. The van der Waals surface area contributed by atoms with Crippen LogP contribution in [0.1, 0.15) is 28.9 Å². The number of nitrogens with zero attached hydrogens (tertiary/aromatic N) is 3. The van der Waals surface area contributed by atoms with Crippen molar-refractivity contribution >= 4 is 17.5 Å². The summed E-state index contributed by atoms with van der Waals surface area (Å²) in [5.41, 5.74) is 2.03. The first-order valence-corrected chi connectivity index (χ1v) is 7.63. The van der Waals surface area contributed by atoms with Gasteiger partial charge in [0.15, 0.2) is 0 Å². The van der Waals surface area contributed by atoms with Crippen LogP contribution in [0.4, 0.5) is 4.39 Å². The largest absolute Gasteiger partial charge is 0.345 e. The summed E-state index contributed by atoms with van der Waals surface area (Å²) in [5, 5.41) is 6.99. The number of aromatic nitrogens is 3. The van der Waals surface area contributed by atoms with Crippen molar-refractivity contribution in [2.45, 2.75) is 13.0 Å². The lowest BCUT2D eigenvalue weighted by Gasteiger charge is -2.15. The molecular formula is C17H14ClFN4O. The molecule has 0 aliphatic heterocycles. The number of rotatable bonds is 4. The molecule has 1 N–H and O–H groups in total. The van der Waals surface area contributed by atoms with E-state index in [1.165, 1.54) is 18.5 Å². The smallest absolute Gasteiger partial charge is 0.253 e. The van der Waals surface area contributed by atoms with E-state index >= 15 is 0 Å². The van der Waals surface area contributed by atoms with E-state index in [1.54, 1.807) is 11.0 Å². The third-order valence-electron chi connectivity index (χ3n) is 3.60. The van der Waals surface area contributed by atoms with Gasteiger partial charge in [0.25, 0.3) is 5.91 Å². The molecule has 0 saturated heterocycles. The number of benzene rings is 2. The summed E-state index contributed by atoms with van der Waals surface area (Å²) in [5.74, 6) is -0.832. The number of halogens is 2. The highest BCUT2D eigenvalue weighted by atomic mass is 35.5. The van der Waals surface area contributed by atoms with Gasteiger partial charge in [0, 0.05) is 0 Å². The Morgan fingerprint density at radius 1 is 1.25 bits per heavy atom. The van der Waals surface area contributed by atoms with Crippen LogP contribution in [-0.2, 0) is 0 Å². The fourth-order valence-electron chi connectivity index (χ4n) is 2.29. The number of carbonyl (C=O) groups is 1. The first-order valence-electron chi connectivity index (χ1n) is 7.25. The highest BCUT2D eigenvalue weighted by Crippen LogP contribution is 2.20. The minimum atomic E-state index is -0.478. The summed E-state index contributed by atoms with van der Waals surface area (Å²) in [6.07, 6.45) is 3.07. The molecule has 24 heavy (non-hydrogen) atoms. The molecule has 7 heteroatoms. The fourth-order valence-corrected chi connectivity index (χ4v) is 2.54. The maximum Gasteiger partial charge on any atom is 0.253 e. The molecule has 5 nitrogen and oxygen atoms in total. The molecule has 3 rings (SSSR count). The first kappa shape index (κ1) is 16.1. The van der Waals surface area contributed by atoms with Crippen molar-refractivity contribution in [2.24, 2.45) is 0 Å². The summed E-state index contributed by atoms with van der Waals surface area (Å²) < 4.78 is 14.7. The van der Waals surface area contributed by atoms with Crippen LogP contribution in [0, 0.1) is 5.82 Å². The average Bonchev–Trinajstić information content (AvgIpc) is 3.09. The van der Waals surface area contributed by atoms with Gasteiger partial charge in [-0.2, -0.15) is 5.10 Å². The first-order chi connectivity index (χ1) is 11.5. The average molecular weight is 345 g/mol. The van der Waals surface area contributed by atoms with Gasteiger partial charge in [0.05, 0.1) is 22.3 Å². The Hall–Kier alpha value is -2.73. The van der Waals surface area contributed by atoms with Crippen LogP contribution in [0.3, 0.4) is 0 Å². The topological polar surface area (TPSA) is 59.8 Å². The monoisotopic (exact) mass is 344 g/mol. The van der Waals surface area contributed by atoms with Gasteiger partial charge < -0.3 is 5.32 Å². The molecule has 122 valence electrons. The predicted molar refractivity (Wildman–Crippen MR) is 88.7 cm³/mol. The zero-order chi connectivity index (χ0) is 17.1. The van der Waals surface area contributed by atoms with Crippen LogP contribution >= 0.6 is 11.6 Å². The third kappa shape index (κ3) is 3.44. The van der Waals surface area contributed by atoms with Crippen molar-refractivity contribution in [3.63, 3.8) is 0 Å². The van der Waals surface area contributed by atoms with E-state index in [9.17, 15) is 9.18 Å². The van der Waals surface area contributed by atoms with Crippen molar-refractivity contribution in [3.05, 3.63) is 77.1 Å². The Morgan fingerprint density at radius 3 is 2.62 bits per heavy atom. The van der Waals surface area contributed by atoms with Crippen LogP contribution in [0.15, 0.2) is 55.1 Å². The van der Waals surface area contributed by atoms with Crippen molar-refractivity contribution < 1.29 is 9.18 Å². The van der Waals surface area contributed by atoms with Gasteiger partial charge in [-0.1, -0.05) is 23.7 Å². The zero-order valence-electron chi connectivity index (χ0n) is 12.8. The third-order valence-corrected chi connectivity index (χ3v) is 3.91. The van der Waals surface area contributed by atoms with Gasteiger partial charge >= 0.3 is 0 Å². The standard InChI is InChI=1S/C17H14ClFN4O/c1-11(22-17(24)15-7-4-13(19)8-16(15)18)12-2-5-14(6-3-12)23-10-20-9-21-23/h2-11H,1H3,(H,22,24)/t11-/m0/s1. The molecule has 0 aliphatic rings. The van der Waals surface area contributed by atoms with E-state index in [2.05, 4.69) is 15.4 Å². The van der Waals surface area contributed by atoms with Crippen LogP contribution in [0.5, 0.6) is 0 Å². The number of hydrogen-bond donors (Lipinski definition) is 1. The lowest BCUT2D eigenvalue weighted by molar-refractivity contribution is 0.0940. The fraction of sp³-hybridized carbons (Fsp3) is 0.118. The highest BCUT2D eigenvalue weighted by Gasteiger charge is 2.15. The number of nitrogens with one attached hydrogen (secondary N) is 1. The van der Waals surface area contributed by atoms with Crippen molar-refractivity contribution in [1.82, 2.24) is 20.1 Å². The van der Waals surface area contributed by atoms with Gasteiger partial charge in [-0.3, -0.25) is 4.79 Å². The molecule has 0 aliphatic carbocycles. The molecule has 0 bridgehead atoms. The Balaban J connectivity index is 1.72. The van der Waals surface area contributed by atoms with Crippen LogP contribution in [0.2, 0.25) is 5.02 Å². The van der Waals surface area contributed by atoms with Gasteiger partial charge in [-0.15, -0.1) is 0 Å². The van der Waals surface area contributed by atoms with Crippen LogP contribution in [-0.4, -0.2) is 20.7 Å². The maximum atomic E-state index is 13.1. The summed E-state index contributed by atoms with van der Waals surface area (Å²) >= 11 is 5.92. The van der Waals surface area contributed by atoms with Gasteiger partial charge in [-0.05, 0) is 42.8 Å². The molecule has 0 spiro atoms. The van der Waals surface area contributed by atoms with E-state index in [0.29, 0.717) is 0 Å². The van der Waals surface area contributed by atoms with Crippen molar-refractivity contribution in [3.8, 4) is 5.69 Å². The summed E-state index contributed by atoms with van der Waals surface area (Å²) in [4.78, 5) is 16.2. The molecule has 1 aromatic heterocycles. The SMILES string of the molecule is C[C@H](NC(=O)c1ccc(F)cc1Cl)c1ccc(-n2cncn2)cc1. The number of hydrogen-bond acceptors (Lipinski definition) is 3. The minimum absolute atomic E-state index is 0.0845. The highest BCUT2D eigenvalue weighted by molar-refractivity contribution is 6.33. The van der Waals surface area contributed by atoms with Crippen molar-refractivity contribution in [2.75, 3.05) is 0 Å². The lowest BCUT2D eigenvalue weighted by Crippen LogP contribution is -2.26. The van der Waals surface area contributed by atoms with Gasteiger partial charge in [-0.25, -0.2) is 14.1 Å². The molecule has 1 amide bonds. The van der Waals surface area contributed by atoms with Crippen LogP contribution in [0.25, 0.3) is 5.69 Å². The zero-order valence-corrected chi connectivity index (χ0v) is 13.5. The molecule has 2 aromatic carbocycles. The molecule has 0 saturated carbocycles.